The van der Waals surface area contributed by atoms with Crippen LogP contribution in [0.5, 0.6) is 0 Å². The molecule has 0 saturated heterocycles. The highest BCUT2D eigenvalue weighted by atomic mass is 16.1. The molecule has 1 aliphatic carbocycles. The fourth-order valence-electron chi connectivity index (χ4n) is 3.60. The maximum Gasteiger partial charge on any atom is 0.251 e. The number of nitrogens with one attached hydrogen (secondary N) is 2. The van der Waals surface area contributed by atoms with Gasteiger partial charge in [-0.25, -0.2) is 4.98 Å². The first-order valence-corrected chi connectivity index (χ1v) is 9.27. The predicted molar refractivity (Wildman–Crippen MR) is 103 cm³/mol. The van der Waals surface area contributed by atoms with Crippen molar-refractivity contribution in [3.63, 3.8) is 0 Å². The maximum atomic E-state index is 12.7. The lowest BCUT2D eigenvalue weighted by molar-refractivity contribution is 0.0934. The van der Waals surface area contributed by atoms with Crippen LogP contribution in [0.2, 0.25) is 0 Å². The van der Waals surface area contributed by atoms with E-state index in [1.807, 2.05) is 48.7 Å². The lowest BCUT2D eigenvalue weighted by Crippen LogP contribution is -2.29. The summed E-state index contributed by atoms with van der Waals surface area (Å²) in [6.45, 7) is 2.05. The molecule has 4 heteroatoms. The molecular weight excluding hydrogens is 322 g/mol. The van der Waals surface area contributed by atoms with Crippen LogP contribution in [0.25, 0.3) is 11.3 Å². The first-order chi connectivity index (χ1) is 12.7. The summed E-state index contributed by atoms with van der Waals surface area (Å²) in [5.74, 6) is 0.755. The number of carbonyl (C=O) groups excluding carboxylic acids is 1. The van der Waals surface area contributed by atoms with E-state index in [9.17, 15) is 4.79 Å². The second kappa shape index (κ2) is 7.16. The summed E-state index contributed by atoms with van der Waals surface area (Å²) >= 11 is 0. The van der Waals surface area contributed by atoms with Gasteiger partial charge < -0.3 is 10.3 Å². The first-order valence-electron chi connectivity index (χ1n) is 9.27. The van der Waals surface area contributed by atoms with Crippen LogP contribution in [-0.2, 0) is 12.8 Å². The van der Waals surface area contributed by atoms with Gasteiger partial charge in [-0.3, -0.25) is 4.79 Å². The van der Waals surface area contributed by atoms with Crippen molar-refractivity contribution in [2.45, 2.75) is 38.6 Å². The van der Waals surface area contributed by atoms with Gasteiger partial charge in [0.2, 0.25) is 0 Å². The van der Waals surface area contributed by atoms with Gasteiger partial charge in [0.05, 0.1) is 17.9 Å². The third kappa shape index (κ3) is 3.27. The molecule has 1 amide bonds. The van der Waals surface area contributed by atoms with Crippen molar-refractivity contribution in [1.29, 1.82) is 0 Å². The SMILES string of the molecule is CCC(NC(=O)c1ccc2c(c1)CCC2)c1ncc(-c2ccccc2)[nH]1. The Morgan fingerprint density at radius 2 is 1.96 bits per heavy atom. The molecule has 1 aromatic heterocycles. The van der Waals surface area contributed by atoms with E-state index < -0.39 is 0 Å². The molecule has 3 aromatic rings. The van der Waals surface area contributed by atoms with Crippen molar-refractivity contribution in [1.82, 2.24) is 15.3 Å². The molecule has 0 bridgehead atoms. The number of rotatable bonds is 5. The van der Waals surface area contributed by atoms with E-state index >= 15 is 0 Å². The summed E-state index contributed by atoms with van der Waals surface area (Å²) in [4.78, 5) is 20.6. The number of amides is 1. The first kappa shape index (κ1) is 16.6. The second-order valence-electron chi connectivity index (χ2n) is 6.82. The molecule has 4 nitrogen and oxygen atoms in total. The van der Waals surface area contributed by atoms with Gasteiger partial charge in [-0.15, -0.1) is 0 Å². The zero-order valence-corrected chi connectivity index (χ0v) is 15.0. The normalized spacial score (nSPS) is 14.0. The standard InChI is InChI=1S/C22H23N3O/c1-2-19(21-23-14-20(24-21)16-7-4-3-5-8-16)25-22(26)18-12-11-15-9-6-10-17(15)13-18/h3-5,7-8,11-14,19H,2,6,9-10H2,1H3,(H,23,24)(H,25,26). The summed E-state index contributed by atoms with van der Waals surface area (Å²) in [5, 5.41) is 3.12. The van der Waals surface area contributed by atoms with Crippen LogP contribution in [0.15, 0.2) is 54.7 Å². The van der Waals surface area contributed by atoms with Crippen LogP contribution in [0.4, 0.5) is 0 Å². The lowest BCUT2D eigenvalue weighted by atomic mass is 10.1. The van der Waals surface area contributed by atoms with E-state index in [1.165, 1.54) is 17.5 Å². The van der Waals surface area contributed by atoms with E-state index in [4.69, 9.17) is 0 Å². The molecule has 4 rings (SSSR count). The molecule has 1 aliphatic rings. The molecule has 0 fully saturated rings. The maximum absolute atomic E-state index is 12.7. The van der Waals surface area contributed by atoms with Crippen molar-refractivity contribution in [2.75, 3.05) is 0 Å². The molecule has 0 spiro atoms. The number of imidazole rings is 1. The monoisotopic (exact) mass is 345 g/mol. The Kier molecular flexibility index (Phi) is 4.57. The van der Waals surface area contributed by atoms with Crippen LogP contribution in [0.3, 0.4) is 0 Å². The van der Waals surface area contributed by atoms with Gasteiger partial charge in [-0.2, -0.15) is 0 Å². The largest absolute Gasteiger partial charge is 0.342 e. The Hall–Kier alpha value is -2.88. The number of carbonyl (C=O) groups is 1. The minimum absolute atomic E-state index is 0.0378. The number of hydrogen-bond acceptors (Lipinski definition) is 2. The van der Waals surface area contributed by atoms with E-state index in [1.54, 1.807) is 0 Å². The molecule has 0 saturated carbocycles. The van der Waals surface area contributed by atoms with E-state index in [0.29, 0.717) is 0 Å². The van der Waals surface area contributed by atoms with Crippen LogP contribution in [0.1, 0.15) is 53.1 Å². The molecule has 0 aliphatic heterocycles. The topological polar surface area (TPSA) is 57.8 Å². The Morgan fingerprint density at radius 3 is 2.77 bits per heavy atom. The average Bonchev–Trinajstić information content (AvgIpc) is 3.35. The Balaban J connectivity index is 1.51. The average molecular weight is 345 g/mol. The third-order valence-corrected chi connectivity index (χ3v) is 5.08. The van der Waals surface area contributed by atoms with E-state index in [2.05, 4.69) is 28.3 Å². The number of aromatic amines is 1. The predicted octanol–water partition coefficient (Wildman–Crippen LogP) is 4.45. The highest BCUT2D eigenvalue weighted by Crippen LogP contribution is 2.24. The second-order valence-corrected chi connectivity index (χ2v) is 6.82. The lowest BCUT2D eigenvalue weighted by Gasteiger charge is -2.15. The van der Waals surface area contributed by atoms with Gasteiger partial charge in [0.25, 0.3) is 5.91 Å². The Bertz CT molecular complexity index is 914. The van der Waals surface area contributed by atoms with Crippen molar-refractivity contribution in [2.24, 2.45) is 0 Å². The quantitative estimate of drug-likeness (QED) is 0.718. The molecule has 26 heavy (non-hydrogen) atoms. The van der Waals surface area contributed by atoms with Gasteiger partial charge in [-0.05, 0) is 54.5 Å². The molecule has 2 N–H and O–H groups in total. The van der Waals surface area contributed by atoms with Gasteiger partial charge in [0, 0.05) is 5.56 Å². The smallest absolute Gasteiger partial charge is 0.251 e. The summed E-state index contributed by atoms with van der Waals surface area (Å²) in [6.07, 6.45) is 6.00. The minimum Gasteiger partial charge on any atom is -0.342 e. The third-order valence-electron chi connectivity index (χ3n) is 5.08. The van der Waals surface area contributed by atoms with Gasteiger partial charge in [-0.1, -0.05) is 43.3 Å². The van der Waals surface area contributed by atoms with Crippen molar-refractivity contribution in [3.8, 4) is 11.3 Å². The fraction of sp³-hybridized carbons (Fsp3) is 0.273. The Labute approximate surface area is 153 Å². The number of aromatic nitrogens is 2. The highest BCUT2D eigenvalue weighted by molar-refractivity contribution is 5.94. The molecular formula is C22H23N3O. The highest BCUT2D eigenvalue weighted by Gasteiger charge is 2.19. The van der Waals surface area contributed by atoms with Gasteiger partial charge in [0.1, 0.15) is 5.82 Å². The zero-order valence-electron chi connectivity index (χ0n) is 15.0. The van der Waals surface area contributed by atoms with Crippen LogP contribution in [0, 0.1) is 0 Å². The number of benzene rings is 2. The summed E-state index contributed by atoms with van der Waals surface area (Å²) in [6, 6.07) is 16.0. The molecule has 1 atom stereocenters. The van der Waals surface area contributed by atoms with E-state index in [-0.39, 0.29) is 11.9 Å². The van der Waals surface area contributed by atoms with Crippen molar-refractivity contribution in [3.05, 3.63) is 77.2 Å². The molecule has 1 heterocycles. The van der Waals surface area contributed by atoms with Crippen LogP contribution >= 0.6 is 0 Å². The van der Waals surface area contributed by atoms with Crippen molar-refractivity contribution < 1.29 is 4.79 Å². The number of aryl methyl sites for hydroxylation is 2. The summed E-state index contributed by atoms with van der Waals surface area (Å²) < 4.78 is 0. The number of hydrogen-bond donors (Lipinski definition) is 2. The van der Waals surface area contributed by atoms with Gasteiger partial charge in [0.15, 0.2) is 0 Å². The van der Waals surface area contributed by atoms with Crippen molar-refractivity contribution >= 4 is 5.91 Å². The number of nitrogens with zero attached hydrogens (tertiary/aromatic N) is 1. The van der Waals surface area contributed by atoms with Gasteiger partial charge >= 0.3 is 0 Å². The van der Waals surface area contributed by atoms with Crippen LogP contribution in [-0.4, -0.2) is 15.9 Å². The molecule has 132 valence electrons. The Morgan fingerprint density at radius 1 is 1.15 bits per heavy atom. The zero-order chi connectivity index (χ0) is 17.9. The number of fused-ring (bicyclic) bond motifs is 1. The molecule has 1 unspecified atom stereocenters. The molecule has 2 aromatic carbocycles. The molecule has 0 radical (unpaired) electrons. The number of H-pyrrole nitrogens is 1. The summed E-state index contributed by atoms with van der Waals surface area (Å²) in [5.41, 5.74) is 5.48. The van der Waals surface area contributed by atoms with E-state index in [0.717, 1.165) is 41.9 Å². The minimum atomic E-state index is -0.131. The summed E-state index contributed by atoms with van der Waals surface area (Å²) in [7, 11) is 0. The fourth-order valence-corrected chi connectivity index (χ4v) is 3.60. The van der Waals surface area contributed by atoms with Crippen LogP contribution < -0.4 is 5.32 Å².